The van der Waals surface area contributed by atoms with Gasteiger partial charge < -0.3 is 14.4 Å². The zero-order chi connectivity index (χ0) is 27.6. The zero-order valence-electron chi connectivity index (χ0n) is 21.1. The molecule has 0 unspecified atom stereocenters. The Labute approximate surface area is 222 Å². The third-order valence-electron chi connectivity index (χ3n) is 7.05. The number of anilines is 1. The van der Waals surface area contributed by atoms with Crippen LogP contribution in [0.3, 0.4) is 0 Å². The van der Waals surface area contributed by atoms with Gasteiger partial charge in [0.1, 0.15) is 0 Å². The lowest BCUT2D eigenvalue weighted by atomic mass is 9.65. The molecule has 0 aliphatic carbocycles. The van der Waals surface area contributed by atoms with Crippen molar-refractivity contribution in [2.24, 2.45) is 0 Å². The highest BCUT2D eigenvalue weighted by molar-refractivity contribution is 6.31. The number of hydrogen-bond donors (Lipinski definition) is 0. The van der Waals surface area contributed by atoms with Crippen molar-refractivity contribution in [2.45, 2.75) is 57.5 Å². The predicted molar refractivity (Wildman–Crippen MR) is 133 cm³/mol. The number of nitrogens with zero attached hydrogens (tertiary/aromatic N) is 3. The van der Waals surface area contributed by atoms with Gasteiger partial charge in [-0.15, -0.1) is 0 Å². The van der Waals surface area contributed by atoms with Crippen LogP contribution in [-0.2, 0) is 31.9 Å². The number of ether oxygens (including phenoxy) is 2. The van der Waals surface area contributed by atoms with E-state index in [-0.39, 0.29) is 41.0 Å². The van der Waals surface area contributed by atoms with Gasteiger partial charge in [0.2, 0.25) is 16.9 Å². The maximum atomic E-state index is 15.7. The summed E-state index contributed by atoms with van der Waals surface area (Å²) in [4.78, 5) is 29.4. The molecular formula is C27H25ClF3N3O4. The summed E-state index contributed by atoms with van der Waals surface area (Å²) in [6, 6.07) is 12.6. The molecule has 0 N–H and O–H groups in total. The molecule has 3 heterocycles. The SMILES string of the molecule is CCOC(=O)[C@@]1(C(F)(F)F)c2c(C)nn(C(C)C)c2O[C@@]12C(=O)N(Cc1ccccc1)c1ccc(Cl)cc12. The number of aromatic nitrogens is 2. The topological polar surface area (TPSA) is 73.7 Å². The first kappa shape index (κ1) is 26.1. The number of fused-ring (bicyclic) bond motifs is 3. The largest absolute Gasteiger partial charge is 0.465 e. The summed E-state index contributed by atoms with van der Waals surface area (Å²) in [7, 11) is 0. The summed E-state index contributed by atoms with van der Waals surface area (Å²) in [5.74, 6) is -2.99. The van der Waals surface area contributed by atoms with Crippen LogP contribution in [0.15, 0.2) is 48.5 Å². The van der Waals surface area contributed by atoms with Crippen molar-refractivity contribution in [3.63, 3.8) is 0 Å². The molecule has 7 nitrogen and oxygen atoms in total. The quantitative estimate of drug-likeness (QED) is 0.387. The van der Waals surface area contributed by atoms with Crippen molar-refractivity contribution in [2.75, 3.05) is 11.5 Å². The van der Waals surface area contributed by atoms with Crippen molar-refractivity contribution >= 4 is 29.2 Å². The van der Waals surface area contributed by atoms with Gasteiger partial charge in [0.15, 0.2) is 0 Å². The van der Waals surface area contributed by atoms with Crippen molar-refractivity contribution in [1.82, 2.24) is 9.78 Å². The average Bonchev–Trinajstić information content (AvgIpc) is 3.43. The first-order chi connectivity index (χ1) is 17.9. The number of alkyl halides is 3. The normalized spacial score (nSPS) is 22.1. The Morgan fingerprint density at radius 1 is 1.18 bits per heavy atom. The van der Waals surface area contributed by atoms with Crippen LogP contribution in [0.25, 0.3) is 0 Å². The van der Waals surface area contributed by atoms with Crippen LogP contribution in [0.5, 0.6) is 5.88 Å². The van der Waals surface area contributed by atoms with E-state index in [1.54, 1.807) is 44.2 Å². The summed E-state index contributed by atoms with van der Waals surface area (Å²) >= 11 is 6.29. The summed E-state index contributed by atoms with van der Waals surface area (Å²) in [6.07, 6.45) is -5.32. The van der Waals surface area contributed by atoms with Crippen molar-refractivity contribution in [3.05, 3.63) is 75.9 Å². The number of amides is 1. The molecule has 38 heavy (non-hydrogen) atoms. The van der Waals surface area contributed by atoms with E-state index in [0.717, 1.165) is 0 Å². The molecule has 5 rings (SSSR count). The van der Waals surface area contributed by atoms with Gasteiger partial charge >= 0.3 is 12.1 Å². The minimum absolute atomic E-state index is 0.0538. The van der Waals surface area contributed by atoms with Crippen LogP contribution in [0.2, 0.25) is 5.02 Å². The molecule has 3 aromatic rings. The molecule has 0 saturated heterocycles. The highest BCUT2D eigenvalue weighted by atomic mass is 35.5. The summed E-state index contributed by atoms with van der Waals surface area (Å²) in [6.45, 7) is 5.79. The summed E-state index contributed by atoms with van der Waals surface area (Å²) in [5, 5.41) is 4.34. The van der Waals surface area contributed by atoms with E-state index in [0.29, 0.717) is 5.56 Å². The first-order valence-corrected chi connectivity index (χ1v) is 12.5. The number of carbonyl (C=O) groups is 2. The Bertz CT molecular complexity index is 1440. The van der Waals surface area contributed by atoms with E-state index in [2.05, 4.69) is 5.10 Å². The number of rotatable bonds is 5. The highest BCUT2D eigenvalue weighted by Gasteiger charge is 2.85. The van der Waals surface area contributed by atoms with E-state index in [1.807, 2.05) is 0 Å². The molecule has 2 aromatic carbocycles. The Balaban J connectivity index is 1.88. The van der Waals surface area contributed by atoms with E-state index in [9.17, 15) is 9.59 Å². The molecule has 11 heteroatoms. The van der Waals surface area contributed by atoms with Crippen LogP contribution in [0, 0.1) is 6.92 Å². The lowest BCUT2D eigenvalue weighted by Crippen LogP contribution is -2.66. The molecule has 0 bridgehead atoms. The van der Waals surface area contributed by atoms with E-state index in [4.69, 9.17) is 21.1 Å². The van der Waals surface area contributed by atoms with Gasteiger partial charge in [0.05, 0.1) is 36.1 Å². The molecule has 2 atom stereocenters. The van der Waals surface area contributed by atoms with Gasteiger partial charge in [-0.3, -0.25) is 9.59 Å². The van der Waals surface area contributed by atoms with E-state index < -0.39 is 40.7 Å². The molecular weight excluding hydrogens is 523 g/mol. The number of esters is 1. The molecule has 1 spiro atoms. The number of hydrogen-bond acceptors (Lipinski definition) is 5. The number of benzene rings is 2. The van der Waals surface area contributed by atoms with Gasteiger partial charge in [-0.1, -0.05) is 41.9 Å². The van der Waals surface area contributed by atoms with Crippen molar-refractivity contribution in [1.29, 1.82) is 0 Å². The standard InChI is InChI=1S/C27H25ClF3N3O4/c1-5-37-24(36)25(27(29,30)31)21-16(4)32-34(15(2)3)22(21)38-26(25)19-13-18(28)11-12-20(19)33(23(26)35)14-17-9-7-6-8-10-17/h6-13,15H,5,14H2,1-4H3/t25-,26-/m0/s1. The zero-order valence-corrected chi connectivity index (χ0v) is 21.9. The molecule has 1 aromatic heterocycles. The maximum absolute atomic E-state index is 15.7. The van der Waals surface area contributed by atoms with Crippen molar-refractivity contribution < 1.29 is 32.2 Å². The Morgan fingerprint density at radius 3 is 2.47 bits per heavy atom. The molecule has 0 radical (unpaired) electrons. The second kappa shape index (κ2) is 8.76. The van der Waals surface area contributed by atoms with Gasteiger partial charge in [-0.2, -0.15) is 18.3 Å². The second-order valence-corrected chi connectivity index (χ2v) is 10.0. The van der Waals surface area contributed by atoms with E-state index >= 15 is 13.2 Å². The van der Waals surface area contributed by atoms with Gasteiger partial charge in [0, 0.05) is 10.6 Å². The van der Waals surface area contributed by atoms with Crippen LogP contribution >= 0.6 is 11.6 Å². The lowest BCUT2D eigenvalue weighted by Gasteiger charge is -2.40. The lowest BCUT2D eigenvalue weighted by molar-refractivity contribution is -0.237. The van der Waals surface area contributed by atoms with Gasteiger partial charge in [0.25, 0.3) is 5.91 Å². The van der Waals surface area contributed by atoms with Crippen molar-refractivity contribution in [3.8, 4) is 5.88 Å². The monoisotopic (exact) mass is 547 g/mol. The minimum atomic E-state index is -5.32. The van der Waals surface area contributed by atoms with Crippen LogP contribution in [0.1, 0.15) is 49.2 Å². The molecule has 0 saturated carbocycles. The van der Waals surface area contributed by atoms with E-state index in [1.165, 1.54) is 41.6 Å². The van der Waals surface area contributed by atoms with Crippen LogP contribution in [-0.4, -0.2) is 34.4 Å². The molecule has 2 aliphatic heterocycles. The third kappa shape index (κ3) is 3.25. The smallest absolute Gasteiger partial charge is 0.414 e. The fraction of sp³-hybridized carbons (Fsp3) is 0.370. The number of aryl methyl sites for hydroxylation is 1. The Hall–Kier alpha value is -3.53. The van der Waals surface area contributed by atoms with Gasteiger partial charge in [-0.25, -0.2) is 4.68 Å². The molecule has 1 amide bonds. The van der Waals surface area contributed by atoms with Gasteiger partial charge in [-0.05, 0) is 51.5 Å². The number of halogens is 4. The fourth-order valence-electron chi connectivity index (χ4n) is 5.57. The minimum Gasteiger partial charge on any atom is -0.465 e. The average molecular weight is 548 g/mol. The molecule has 200 valence electrons. The van der Waals surface area contributed by atoms with Crippen LogP contribution in [0.4, 0.5) is 18.9 Å². The molecule has 0 fully saturated rings. The fourth-order valence-corrected chi connectivity index (χ4v) is 5.74. The summed E-state index contributed by atoms with van der Waals surface area (Å²) in [5.41, 5.74) is -6.35. The van der Waals surface area contributed by atoms with Crippen LogP contribution < -0.4 is 9.64 Å². The predicted octanol–water partition coefficient (Wildman–Crippen LogP) is 5.62. The maximum Gasteiger partial charge on any atom is 0.414 e. The Morgan fingerprint density at radius 2 is 1.87 bits per heavy atom. The molecule has 2 aliphatic rings. The highest BCUT2D eigenvalue weighted by Crippen LogP contribution is 2.67. The first-order valence-electron chi connectivity index (χ1n) is 12.1. The third-order valence-corrected chi connectivity index (χ3v) is 7.28. The summed E-state index contributed by atoms with van der Waals surface area (Å²) < 4.78 is 59.5. The second-order valence-electron chi connectivity index (χ2n) is 9.59. The Kier molecular flexibility index (Phi) is 6.01. The number of carbonyl (C=O) groups excluding carboxylic acids is 2.